The Balaban J connectivity index is 0.00000320. The summed E-state index contributed by atoms with van der Waals surface area (Å²) in [4.78, 5) is 12.5. The second kappa shape index (κ2) is 11.4. The van der Waals surface area contributed by atoms with Gasteiger partial charge >= 0.3 is 0 Å². The largest absolute Gasteiger partial charge is 0.371 e. The van der Waals surface area contributed by atoms with Crippen molar-refractivity contribution < 1.29 is 18.0 Å². The van der Waals surface area contributed by atoms with Crippen molar-refractivity contribution in [2.75, 3.05) is 44.7 Å². The summed E-state index contributed by atoms with van der Waals surface area (Å²) in [6.45, 7) is 7.02. The average molecular weight is 536 g/mol. The van der Waals surface area contributed by atoms with Crippen LogP contribution in [0.4, 0.5) is 14.5 Å². The van der Waals surface area contributed by atoms with Crippen LogP contribution < -0.4 is 10.2 Å². The van der Waals surface area contributed by atoms with Gasteiger partial charge in [-0.05, 0) is 26.0 Å². The topological polar surface area (TPSA) is 79.0 Å². The first-order valence-electron chi connectivity index (χ1n) is 9.61. The molecule has 1 aliphatic rings. The lowest BCUT2D eigenvalue weighted by Crippen LogP contribution is -2.52. The maximum Gasteiger partial charge on any atom is 0.246 e. The zero-order chi connectivity index (χ0) is 20.8. The molecule has 1 N–H and O–H groups in total. The van der Waals surface area contributed by atoms with E-state index in [4.69, 9.17) is 9.26 Å². The maximum atomic E-state index is 14.0. The van der Waals surface area contributed by atoms with Gasteiger partial charge in [0, 0.05) is 45.9 Å². The fourth-order valence-electron chi connectivity index (χ4n) is 3.20. The number of anilines is 1. The Labute approximate surface area is 191 Å². The fraction of sp³-hybridized carbons (Fsp3) is 0.526. The molecule has 0 aliphatic carbocycles. The third-order valence-corrected chi connectivity index (χ3v) is 4.70. The van der Waals surface area contributed by atoms with Crippen LogP contribution in [0.3, 0.4) is 0 Å². The Hall–Kier alpha value is -2.02. The minimum absolute atomic E-state index is 0. The molecule has 1 saturated heterocycles. The Morgan fingerprint density at radius 3 is 2.70 bits per heavy atom. The number of nitrogens with zero attached hydrogens (tertiary/aromatic N) is 5. The van der Waals surface area contributed by atoms with E-state index in [1.807, 2.05) is 23.6 Å². The van der Waals surface area contributed by atoms with Crippen molar-refractivity contribution in [2.45, 2.75) is 26.5 Å². The average Bonchev–Trinajstić information content (AvgIpc) is 3.20. The predicted octanol–water partition coefficient (Wildman–Crippen LogP) is 2.96. The second-order valence-corrected chi connectivity index (χ2v) is 6.61. The standard InChI is InChI=1S/C19H26F2N6O2.HI/c1-4-28-13(2)18-24-17(29-25-18)12-23-19(22-3)27-9-7-26(8-10-27)16-11-14(20)5-6-15(16)21;/h5-6,11,13H,4,7-10,12H2,1-3H3,(H,22,23);1H. The van der Waals surface area contributed by atoms with E-state index in [1.165, 1.54) is 6.07 Å². The molecular formula is C19H27F2IN6O2. The third kappa shape index (κ3) is 6.00. The van der Waals surface area contributed by atoms with Gasteiger partial charge in [-0.2, -0.15) is 4.98 Å². The lowest BCUT2D eigenvalue weighted by molar-refractivity contribution is 0.0683. The van der Waals surface area contributed by atoms with Gasteiger partial charge in [0.25, 0.3) is 0 Å². The van der Waals surface area contributed by atoms with Crippen LogP contribution in [-0.4, -0.2) is 60.8 Å². The molecule has 0 saturated carbocycles. The van der Waals surface area contributed by atoms with Crippen molar-refractivity contribution >= 4 is 35.6 Å². The minimum Gasteiger partial charge on any atom is -0.371 e. The molecule has 1 atom stereocenters. The van der Waals surface area contributed by atoms with Gasteiger partial charge in [0.2, 0.25) is 5.89 Å². The number of benzene rings is 1. The van der Waals surface area contributed by atoms with Gasteiger partial charge in [0.15, 0.2) is 11.8 Å². The molecule has 11 heteroatoms. The molecule has 8 nitrogen and oxygen atoms in total. The number of aromatic nitrogens is 2. The van der Waals surface area contributed by atoms with Gasteiger partial charge in [-0.1, -0.05) is 5.16 Å². The molecular weight excluding hydrogens is 509 g/mol. The van der Waals surface area contributed by atoms with Crippen LogP contribution in [0.15, 0.2) is 27.7 Å². The smallest absolute Gasteiger partial charge is 0.246 e. The van der Waals surface area contributed by atoms with Crippen molar-refractivity contribution in [3.8, 4) is 0 Å². The number of guanidine groups is 1. The van der Waals surface area contributed by atoms with Gasteiger partial charge in [0.1, 0.15) is 17.7 Å². The number of ether oxygens (including phenoxy) is 1. The number of nitrogens with one attached hydrogen (secondary N) is 1. The lowest BCUT2D eigenvalue weighted by Gasteiger charge is -2.37. The summed E-state index contributed by atoms with van der Waals surface area (Å²) < 4.78 is 38.2. The molecule has 1 aliphatic heterocycles. The van der Waals surface area contributed by atoms with Gasteiger partial charge in [-0.15, -0.1) is 24.0 Å². The second-order valence-electron chi connectivity index (χ2n) is 6.61. The van der Waals surface area contributed by atoms with Gasteiger partial charge in [-0.25, -0.2) is 8.78 Å². The van der Waals surface area contributed by atoms with E-state index in [9.17, 15) is 8.78 Å². The molecule has 1 fully saturated rings. The van der Waals surface area contributed by atoms with Crippen LogP contribution in [0.25, 0.3) is 0 Å². The lowest BCUT2D eigenvalue weighted by atomic mass is 10.2. The molecule has 3 rings (SSSR count). The highest BCUT2D eigenvalue weighted by molar-refractivity contribution is 14.0. The highest BCUT2D eigenvalue weighted by atomic mass is 127. The summed E-state index contributed by atoms with van der Waals surface area (Å²) in [6, 6.07) is 3.51. The molecule has 1 aromatic heterocycles. The SMILES string of the molecule is CCOC(C)c1noc(CNC(=NC)N2CCN(c3cc(F)ccc3F)CC2)n1.I. The van der Waals surface area contributed by atoms with Gasteiger partial charge < -0.3 is 24.4 Å². The first-order chi connectivity index (χ1) is 14.0. The summed E-state index contributed by atoms with van der Waals surface area (Å²) in [7, 11) is 1.69. The van der Waals surface area contributed by atoms with Crippen molar-refractivity contribution in [3.05, 3.63) is 41.5 Å². The summed E-state index contributed by atoms with van der Waals surface area (Å²) >= 11 is 0. The Bertz CT molecular complexity index is 842. The quantitative estimate of drug-likeness (QED) is 0.346. The van der Waals surface area contributed by atoms with E-state index < -0.39 is 11.6 Å². The normalized spacial score (nSPS) is 15.7. The van der Waals surface area contributed by atoms with Crippen molar-refractivity contribution in [1.29, 1.82) is 0 Å². The van der Waals surface area contributed by atoms with Crippen LogP contribution in [-0.2, 0) is 11.3 Å². The fourth-order valence-corrected chi connectivity index (χ4v) is 3.20. The van der Waals surface area contributed by atoms with E-state index >= 15 is 0 Å². The Kier molecular flexibility index (Phi) is 9.21. The van der Waals surface area contributed by atoms with Crippen molar-refractivity contribution in [1.82, 2.24) is 20.4 Å². The van der Waals surface area contributed by atoms with E-state index in [0.29, 0.717) is 57.0 Å². The molecule has 166 valence electrons. The summed E-state index contributed by atoms with van der Waals surface area (Å²) in [6.07, 6.45) is -0.229. The molecule has 0 radical (unpaired) electrons. The number of hydrogen-bond donors (Lipinski definition) is 1. The van der Waals surface area contributed by atoms with Crippen molar-refractivity contribution in [2.24, 2.45) is 4.99 Å². The monoisotopic (exact) mass is 536 g/mol. The Morgan fingerprint density at radius 1 is 1.30 bits per heavy atom. The molecule has 2 heterocycles. The highest BCUT2D eigenvalue weighted by Gasteiger charge is 2.22. The van der Waals surface area contributed by atoms with Crippen LogP contribution in [0, 0.1) is 11.6 Å². The number of rotatable bonds is 6. The molecule has 1 aromatic carbocycles. The first kappa shape index (κ1) is 24.3. The summed E-state index contributed by atoms with van der Waals surface area (Å²) in [5.74, 6) is 0.759. The van der Waals surface area contributed by atoms with Crippen LogP contribution in [0.2, 0.25) is 0 Å². The predicted molar refractivity (Wildman–Crippen MR) is 120 cm³/mol. The molecule has 2 aromatic rings. The van der Waals surface area contributed by atoms with Crippen molar-refractivity contribution in [3.63, 3.8) is 0 Å². The van der Waals surface area contributed by atoms with E-state index in [-0.39, 0.29) is 35.8 Å². The number of aliphatic imine (C=N–C) groups is 1. The molecule has 1 unspecified atom stereocenters. The van der Waals surface area contributed by atoms with Crippen LogP contribution in [0.5, 0.6) is 0 Å². The third-order valence-electron chi connectivity index (χ3n) is 4.70. The minimum atomic E-state index is -0.445. The zero-order valence-corrected chi connectivity index (χ0v) is 19.6. The van der Waals surface area contributed by atoms with E-state index in [0.717, 1.165) is 12.1 Å². The van der Waals surface area contributed by atoms with Gasteiger partial charge in [0.05, 0.1) is 12.2 Å². The number of halogens is 3. The molecule has 30 heavy (non-hydrogen) atoms. The molecule has 0 bridgehead atoms. The van der Waals surface area contributed by atoms with Gasteiger partial charge in [-0.3, -0.25) is 4.99 Å². The van der Waals surface area contributed by atoms with Crippen LogP contribution >= 0.6 is 24.0 Å². The summed E-state index contributed by atoms with van der Waals surface area (Å²) in [5, 5.41) is 7.13. The number of piperazine rings is 1. The maximum absolute atomic E-state index is 14.0. The number of hydrogen-bond acceptors (Lipinski definition) is 6. The molecule has 0 spiro atoms. The van der Waals surface area contributed by atoms with E-state index in [1.54, 1.807) is 7.05 Å². The first-order valence-corrected chi connectivity index (χ1v) is 9.61. The highest BCUT2D eigenvalue weighted by Crippen LogP contribution is 2.22. The van der Waals surface area contributed by atoms with E-state index in [2.05, 4.69) is 20.4 Å². The summed E-state index contributed by atoms with van der Waals surface area (Å²) in [5.41, 5.74) is 0.286. The zero-order valence-electron chi connectivity index (χ0n) is 17.3. The molecule has 0 amide bonds. The van der Waals surface area contributed by atoms with Crippen LogP contribution in [0.1, 0.15) is 31.7 Å². The Morgan fingerprint density at radius 2 is 2.03 bits per heavy atom.